The molecule has 108 valence electrons. The summed E-state index contributed by atoms with van der Waals surface area (Å²) in [5.41, 5.74) is 1.33. The van der Waals surface area contributed by atoms with Crippen LogP contribution in [0.5, 0.6) is 0 Å². The molecule has 1 saturated heterocycles. The summed E-state index contributed by atoms with van der Waals surface area (Å²) in [6.45, 7) is 6.70. The fourth-order valence-electron chi connectivity index (χ4n) is 2.42. The van der Waals surface area contributed by atoms with Gasteiger partial charge in [0.15, 0.2) is 0 Å². The second kappa shape index (κ2) is 5.63. The lowest BCUT2D eigenvalue weighted by atomic mass is 10.0. The number of nitrogens with zero attached hydrogens (tertiary/aromatic N) is 1. The lowest BCUT2D eigenvalue weighted by Crippen LogP contribution is -2.51. The SMILES string of the molecule is Cc1cc(C(=O)O)cc(C(=O)N2CCOC(C)C2C)c1. The van der Waals surface area contributed by atoms with Crippen molar-refractivity contribution in [2.24, 2.45) is 0 Å². The number of rotatable bonds is 2. The van der Waals surface area contributed by atoms with Gasteiger partial charge in [0.05, 0.1) is 24.3 Å². The van der Waals surface area contributed by atoms with Crippen LogP contribution in [0, 0.1) is 6.92 Å². The van der Waals surface area contributed by atoms with Crippen molar-refractivity contribution in [1.82, 2.24) is 4.90 Å². The van der Waals surface area contributed by atoms with E-state index in [9.17, 15) is 9.59 Å². The number of hydrogen-bond acceptors (Lipinski definition) is 3. The van der Waals surface area contributed by atoms with Gasteiger partial charge in [0, 0.05) is 12.1 Å². The Morgan fingerprint density at radius 2 is 1.90 bits per heavy atom. The molecule has 1 aromatic carbocycles. The molecular formula is C15H19NO4. The summed E-state index contributed by atoms with van der Waals surface area (Å²) in [4.78, 5) is 25.4. The predicted molar refractivity (Wildman–Crippen MR) is 74.1 cm³/mol. The van der Waals surface area contributed by atoms with Crippen LogP contribution in [0.25, 0.3) is 0 Å². The summed E-state index contributed by atoms with van der Waals surface area (Å²) in [7, 11) is 0. The molecule has 2 rings (SSSR count). The van der Waals surface area contributed by atoms with E-state index in [4.69, 9.17) is 9.84 Å². The number of carboxylic acids is 1. The molecule has 0 aromatic heterocycles. The van der Waals surface area contributed by atoms with Gasteiger partial charge in [-0.1, -0.05) is 0 Å². The number of benzene rings is 1. The van der Waals surface area contributed by atoms with E-state index < -0.39 is 5.97 Å². The van der Waals surface area contributed by atoms with Gasteiger partial charge in [0.1, 0.15) is 0 Å². The second-order valence-corrected chi connectivity index (χ2v) is 5.21. The zero-order chi connectivity index (χ0) is 14.9. The number of carboxylic acid groups (broad SMARTS) is 1. The minimum atomic E-state index is -1.02. The third-order valence-corrected chi connectivity index (χ3v) is 3.72. The van der Waals surface area contributed by atoms with Gasteiger partial charge in [0.25, 0.3) is 5.91 Å². The van der Waals surface area contributed by atoms with Crippen LogP contribution >= 0.6 is 0 Å². The maximum Gasteiger partial charge on any atom is 0.335 e. The van der Waals surface area contributed by atoms with Crippen molar-refractivity contribution in [3.63, 3.8) is 0 Å². The summed E-state index contributed by atoms with van der Waals surface area (Å²) < 4.78 is 5.50. The van der Waals surface area contributed by atoms with E-state index in [1.165, 1.54) is 6.07 Å². The Balaban J connectivity index is 2.31. The van der Waals surface area contributed by atoms with Crippen molar-refractivity contribution < 1.29 is 19.4 Å². The monoisotopic (exact) mass is 277 g/mol. The van der Waals surface area contributed by atoms with Gasteiger partial charge in [-0.15, -0.1) is 0 Å². The van der Waals surface area contributed by atoms with E-state index in [1.807, 2.05) is 13.8 Å². The number of amides is 1. The first-order valence-corrected chi connectivity index (χ1v) is 6.67. The Hall–Kier alpha value is -1.88. The normalized spacial score (nSPS) is 22.6. The van der Waals surface area contributed by atoms with Crippen LogP contribution in [0.4, 0.5) is 0 Å². The standard InChI is InChI=1S/C15H19NO4/c1-9-6-12(8-13(7-9)15(18)19)14(17)16-4-5-20-11(3)10(16)2/h6-8,10-11H,4-5H2,1-3H3,(H,18,19). The largest absolute Gasteiger partial charge is 0.478 e. The van der Waals surface area contributed by atoms with E-state index >= 15 is 0 Å². The highest BCUT2D eigenvalue weighted by molar-refractivity contribution is 5.98. The number of carbonyl (C=O) groups excluding carboxylic acids is 1. The van der Waals surface area contributed by atoms with Crippen molar-refractivity contribution in [2.45, 2.75) is 32.9 Å². The summed E-state index contributed by atoms with van der Waals surface area (Å²) in [5, 5.41) is 9.07. The van der Waals surface area contributed by atoms with Crippen molar-refractivity contribution in [3.05, 3.63) is 34.9 Å². The Labute approximate surface area is 118 Å². The Morgan fingerprint density at radius 3 is 2.55 bits per heavy atom. The van der Waals surface area contributed by atoms with Crippen LogP contribution in [-0.4, -0.2) is 47.2 Å². The molecule has 1 aliphatic rings. The number of carbonyl (C=O) groups is 2. The number of aromatic carboxylic acids is 1. The lowest BCUT2D eigenvalue weighted by molar-refractivity contribution is -0.0440. The van der Waals surface area contributed by atoms with Crippen LogP contribution in [0.3, 0.4) is 0 Å². The Bertz CT molecular complexity index is 541. The third kappa shape index (κ3) is 2.82. The lowest BCUT2D eigenvalue weighted by Gasteiger charge is -2.38. The molecular weight excluding hydrogens is 258 g/mol. The van der Waals surface area contributed by atoms with E-state index in [-0.39, 0.29) is 23.6 Å². The van der Waals surface area contributed by atoms with Gasteiger partial charge in [-0.25, -0.2) is 4.79 Å². The van der Waals surface area contributed by atoms with Crippen LogP contribution in [0.2, 0.25) is 0 Å². The highest BCUT2D eigenvalue weighted by Gasteiger charge is 2.30. The molecule has 0 bridgehead atoms. The van der Waals surface area contributed by atoms with E-state index in [1.54, 1.807) is 24.0 Å². The fraction of sp³-hybridized carbons (Fsp3) is 0.467. The van der Waals surface area contributed by atoms with Gasteiger partial charge < -0.3 is 14.7 Å². The molecule has 1 N–H and O–H groups in total. The topological polar surface area (TPSA) is 66.8 Å². The minimum Gasteiger partial charge on any atom is -0.478 e. The molecule has 2 unspecified atom stereocenters. The number of hydrogen-bond donors (Lipinski definition) is 1. The molecule has 1 aromatic rings. The second-order valence-electron chi connectivity index (χ2n) is 5.21. The van der Waals surface area contributed by atoms with Gasteiger partial charge in [0.2, 0.25) is 0 Å². The number of aryl methyl sites for hydroxylation is 1. The van der Waals surface area contributed by atoms with E-state index in [0.29, 0.717) is 18.7 Å². The van der Waals surface area contributed by atoms with Gasteiger partial charge in [-0.3, -0.25) is 4.79 Å². The first-order chi connectivity index (χ1) is 9.40. The van der Waals surface area contributed by atoms with Crippen LogP contribution in [-0.2, 0) is 4.74 Å². The molecule has 0 spiro atoms. The fourth-order valence-corrected chi connectivity index (χ4v) is 2.42. The molecule has 1 aliphatic heterocycles. The highest BCUT2D eigenvalue weighted by atomic mass is 16.5. The first-order valence-electron chi connectivity index (χ1n) is 6.67. The molecule has 1 amide bonds. The molecule has 1 heterocycles. The molecule has 0 radical (unpaired) electrons. The van der Waals surface area contributed by atoms with Gasteiger partial charge in [-0.05, 0) is 44.5 Å². The molecule has 20 heavy (non-hydrogen) atoms. The van der Waals surface area contributed by atoms with Crippen LogP contribution in [0.1, 0.15) is 40.1 Å². The van der Waals surface area contributed by atoms with Gasteiger partial charge in [-0.2, -0.15) is 0 Å². The zero-order valence-corrected chi connectivity index (χ0v) is 11.9. The zero-order valence-electron chi connectivity index (χ0n) is 11.9. The minimum absolute atomic E-state index is 0.0172. The molecule has 5 nitrogen and oxygen atoms in total. The summed E-state index contributed by atoms with van der Waals surface area (Å²) in [5.74, 6) is -1.16. The number of ether oxygens (including phenoxy) is 1. The molecule has 5 heteroatoms. The van der Waals surface area contributed by atoms with Crippen molar-refractivity contribution in [1.29, 1.82) is 0 Å². The van der Waals surface area contributed by atoms with E-state index in [0.717, 1.165) is 5.56 Å². The third-order valence-electron chi connectivity index (χ3n) is 3.72. The van der Waals surface area contributed by atoms with Crippen LogP contribution in [0.15, 0.2) is 18.2 Å². The summed E-state index contributed by atoms with van der Waals surface area (Å²) in [6.07, 6.45) is -0.0172. The highest BCUT2D eigenvalue weighted by Crippen LogP contribution is 2.18. The summed E-state index contributed by atoms with van der Waals surface area (Å²) >= 11 is 0. The van der Waals surface area contributed by atoms with Crippen molar-refractivity contribution in [2.75, 3.05) is 13.2 Å². The van der Waals surface area contributed by atoms with Crippen LogP contribution < -0.4 is 0 Å². The van der Waals surface area contributed by atoms with Crippen molar-refractivity contribution >= 4 is 11.9 Å². The molecule has 2 atom stereocenters. The maximum absolute atomic E-state index is 12.6. The maximum atomic E-state index is 12.6. The van der Waals surface area contributed by atoms with Crippen molar-refractivity contribution in [3.8, 4) is 0 Å². The quantitative estimate of drug-likeness (QED) is 0.897. The average molecular weight is 277 g/mol. The number of morpholine rings is 1. The van der Waals surface area contributed by atoms with Gasteiger partial charge >= 0.3 is 5.97 Å². The molecule has 1 fully saturated rings. The Kier molecular flexibility index (Phi) is 4.09. The molecule has 0 saturated carbocycles. The smallest absolute Gasteiger partial charge is 0.335 e. The average Bonchev–Trinajstić information content (AvgIpc) is 2.40. The first kappa shape index (κ1) is 14.5. The molecule has 0 aliphatic carbocycles. The van der Waals surface area contributed by atoms with E-state index in [2.05, 4.69) is 0 Å². The Morgan fingerprint density at radius 1 is 1.25 bits per heavy atom. The summed E-state index contributed by atoms with van der Waals surface area (Å²) in [6, 6.07) is 4.70. The predicted octanol–water partition coefficient (Wildman–Crippen LogP) is 1.94.